The number of carbonyl (C=O) groups excluding carboxylic acids is 1. The molecule has 1 aliphatic heterocycles. The van der Waals surface area contributed by atoms with Gasteiger partial charge in [-0.25, -0.2) is 8.42 Å². The lowest BCUT2D eigenvalue weighted by atomic mass is 10.1. The molecule has 4 rings (SSSR count). The summed E-state index contributed by atoms with van der Waals surface area (Å²) in [5.41, 5.74) is 1.54. The number of ether oxygens (including phenoxy) is 1. The summed E-state index contributed by atoms with van der Waals surface area (Å²) in [7, 11) is -1.97. The highest BCUT2D eigenvalue weighted by molar-refractivity contribution is 7.89. The normalized spacial score (nSPS) is 15.1. The Morgan fingerprint density at radius 3 is 2.50 bits per heavy atom. The summed E-state index contributed by atoms with van der Waals surface area (Å²) in [6, 6.07) is 13.3. The van der Waals surface area contributed by atoms with Crippen molar-refractivity contribution in [2.45, 2.75) is 24.2 Å². The van der Waals surface area contributed by atoms with Crippen LogP contribution in [0.4, 0.5) is 5.69 Å². The molecule has 1 amide bonds. The van der Waals surface area contributed by atoms with Gasteiger partial charge in [0.2, 0.25) is 10.0 Å². The summed E-state index contributed by atoms with van der Waals surface area (Å²) in [4.78, 5) is 17.3. The van der Waals surface area contributed by atoms with Crippen molar-refractivity contribution in [2.75, 3.05) is 25.5 Å². The first kappa shape index (κ1) is 20.3. The third-order valence-corrected chi connectivity index (χ3v) is 7.14. The summed E-state index contributed by atoms with van der Waals surface area (Å²) < 4.78 is 32.4. The van der Waals surface area contributed by atoms with Crippen molar-refractivity contribution in [3.8, 4) is 5.75 Å². The smallest absolute Gasteiger partial charge is 0.255 e. The lowest BCUT2D eigenvalue weighted by Crippen LogP contribution is -2.35. The highest BCUT2D eigenvalue weighted by Crippen LogP contribution is 2.28. The number of nitrogens with one attached hydrogen (secondary N) is 1. The fourth-order valence-electron chi connectivity index (χ4n) is 3.61. The second kappa shape index (κ2) is 8.41. The summed E-state index contributed by atoms with van der Waals surface area (Å²) in [6.45, 7) is 1.08. The SMILES string of the molecule is COc1cc(NC(=O)c2ccc(S(=O)(=O)N3CCCCC3)cc2)c2ncccc2c1. The molecule has 7 nitrogen and oxygen atoms in total. The Morgan fingerprint density at radius 1 is 1.07 bits per heavy atom. The maximum absolute atomic E-state index is 12.8. The minimum Gasteiger partial charge on any atom is -0.497 e. The van der Waals surface area contributed by atoms with Crippen molar-refractivity contribution >= 4 is 32.5 Å². The molecule has 0 spiro atoms. The Hall–Kier alpha value is -2.97. The first-order valence-corrected chi connectivity index (χ1v) is 11.3. The number of anilines is 1. The number of carbonyl (C=O) groups is 1. The highest BCUT2D eigenvalue weighted by Gasteiger charge is 2.26. The molecule has 0 saturated carbocycles. The predicted octanol–water partition coefficient (Wildman–Crippen LogP) is 3.67. The van der Waals surface area contributed by atoms with Crippen LogP contribution in [0.5, 0.6) is 5.75 Å². The van der Waals surface area contributed by atoms with Gasteiger partial charge in [-0.3, -0.25) is 9.78 Å². The topological polar surface area (TPSA) is 88.6 Å². The fraction of sp³-hybridized carbons (Fsp3) is 0.273. The van der Waals surface area contributed by atoms with Crippen LogP contribution in [0.25, 0.3) is 10.9 Å². The minimum absolute atomic E-state index is 0.203. The molecule has 0 unspecified atom stereocenters. The average Bonchev–Trinajstić information content (AvgIpc) is 2.79. The molecular formula is C22H23N3O4S. The number of fused-ring (bicyclic) bond motifs is 1. The van der Waals surface area contributed by atoms with Gasteiger partial charge in [0.1, 0.15) is 5.75 Å². The van der Waals surface area contributed by atoms with Gasteiger partial charge in [-0.05, 0) is 49.2 Å². The highest BCUT2D eigenvalue weighted by atomic mass is 32.2. The van der Waals surface area contributed by atoms with E-state index in [4.69, 9.17) is 4.74 Å². The molecule has 1 aliphatic rings. The van der Waals surface area contributed by atoms with Crippen molar-refractivity contribution in [1.29, 1.82) is 0 Å². The predicted molar refractivity (Wildman–Crippen MR) is 115 cm³/mol. The number of amides is 1. The van der Waals surface area contributed by atoms with Crippen LogP contribution in [-0.2, 0) is 10.0 Å². The quantitative estimate of drug-likeness (QED) is 0.674. The van der Waals surface area contributed by atoms with Gasteiger partial charge in [0.25, 0.3) is 5.91 Å². The number of sulfonamides is 1. The molecule has 0 radical (unpaired) electrons. The summed E-state index contributed by atoms with van der Waals surface area (Å²) in [6.07, 6.45) is 4.47. The second-order valence-electron chi connectivity index (χ2n) is 7.19. The van der Waals surface area contributed by atoms with Gasteiger partial charge in [-0.15, -0.1) is 0 Å². The molecule has 1 fully saturated rings. The number of benzene rings is 2. The van der Waals surface area contributed by atoms with Crippen LogP contribution < -0.4 is 10.1 Å². The molecule has 156 valence electrons. The van der Waals surface area contributed by atoms with E-state index in [9.17, 15) is 13.2 Å². The first-order valence-electron chi connectivity index (χ1n) is 9.83. The van der Waals surface area contributed by atoms with E-state index in [0.29, 0.717) is 35.6 Å². The van der Waals surface area contributed by atoms with Crippen LogP contribution in [0.1, 0.15) is 29.6 Å². The Labute approximate surface area is 175 Å². The molecular weight excluding hydrogens is 402 g/mol. The van der Waals surface area contributed by atoms with Gasteiger partial charge >= 0.3 is 0 Å². The zero-order chi connectivity index (χ0) is 21.1. The van der Waals surface area contributed by atoms with Crippen LogP contribution in [0.2, 0.25) is 0 Å². The van der Waals surface area contributed by atoms with E-state index in [1.54, 1.807) is 19.4 Å². The lowest BCUT2D eigenvalue weighted by Gasteiger charge is -2.25. The number of piperidine rings is 1. The third-order valence-electron chi connectivity index (χ3n) is 5.23. The van der Waals surface area contributed by atoms with E-state index in [1.165, 1.54) is 28.6 Å². The fourth-order valence-corrected chi connectivity index (χ4v) is 5.12. The van der Waals surface area contributed by atoms with Crippen LogP contribution >= 0.6 is 0 Å². The molecule has 30 heavy (non-hydrogen) atoms. The maximum Gasteiger partial charge on any atom is 0.255 e. The number of rotatable bonds is 5. The van der Waals surface area contributed by atoms with Crippen LogP contribution in [0.15, 0.2) is 59.6 Å². The van der Waals surface area contributed by atoms with Gasteiger partial charge in [0, 0.05) is 36.3 Å². The maximum atomic E-state index is 12.8. The van der Waals surface area contributed by atoms with E-state index >= 15 is 0 Å². The summed E-state index contributed by atoms with van der Waals surface area (Å²) >= 11 is 0. The van der Waals surface area contributed by atoms with Crippen LogP contribution in [-0.4, -0.2) is 43.8 Å². The van der Waals surface area contributed by atoms with Crippen LogP contribution in [0.3, 0.4) is 0 Å². The molecule has 1 N–H and O–H groups in total. The van der Waals surface area contributed by atoms with E-state index in [-0.39, 0.29) is 10.8 Å². The summed E-state index contributed by atoms with van der Waals surface area (Å²) in [5, 5.41) is 3.70. The monoisotopic (exact) mass is 425 g/mol. The largest absolute Gasteiger partial charge is 0.497 e. The van der Waals surface area contributed by atoms with E-state index in [1.807, 2.05) is 18.2 Å². The zero-order valence-corrected chi connectivity index (χ0v) is 17.5. The number of aromatic nitrogens is 1. The number of pyridine rings is 1. The van der Waals surface area contributed by atoms with Crippen molar-refractivity contribution in [3.63, 3.8) is 0 Å². The molecule has 0 aliphatic carbocycles. The lowest BCUT2D eigenvalue weighted by molar-refractivity contribution is 0.102. The van der Waals surface area contributed by atoms with E-state index in [0.717, 1.165) is 24.6 Å². The standard InChI is InChI=1S/C22H23N3O4S/c1-29-18-14-17-6-5-11-23-21(17)20(15-18)24-22(26)16-7-9-19(10-8-16)30(27,28)25-12-3-2-4-13-25/h5-11,14-15H,2-4,12-13H2,1H3,(H,24,26). The number of hydrogen-bond acceptors (Lipinski definition) is 5. The van der Waals surface area contributed by atoms with E-state index < -0.39 is 10.0 Å². The number of methoxy groups -OCH3 is 1. The Morgan fingerprint density at radius 2 is 1.80 bits per heavy atom. The molecule has 1 aromatic heterocycles. The Balaban J connectivity index is 1.57. The molecule has 2 heterocycles. The van der Waals surface area contributed by atoms with Crippen LogP contribution in [0, 0.1) is 0 Å². The van der Waals surface area contributed by atoms with Gasteiger partial charge in [0.15, 0.2) is 0 Å². The van der Waals surface area contributed by atoms with E-state index in [2.05, 4.69) is 10.3 Å². The van der Waals surface area contributed by atoms with Gasteiger partial charge in [-0.2, -0.15) is 4.31 Å². The molecule has 1 saturated heterocycles. The zero-order valence-electron chi connectivity index (χ0n) is 16.7. The number of hydrogen-bond donors (Lipinski definition) is 1. The first-order chi connectivity index (χ1) is 14.5. The van der Waals surface area contributed by atoms with Gasteiger partial charge < -0.3 is 10.1 Å². The Kier molecular flexibility index (Phi) is 5.69. The van der Waals surface area contributed by atoms with Crippen molar-refractivity contribution in [1.82, 2.24) is 9.29 Å². The molecule has 8 heteroatoms. The Bertz CT molecular complexity index is 1170. The van der Waals surface area contributed by atoms with Crippen molar-refractivity contribution in [2.24, 2.45) is 0 Å². The van der Waals surface area contributed by atoms with Gasteiger partial charge in [-0.1, -0.05) is 12.5 Å². The van der Waals surface area contributed by atoms with Crippen molar-refractivity contribution < 1.29 is 17.9 Å². The third kappa shape index (κ3) is 4.01. The number of nitrogens with zero attached hydrogens (tertiary/aromatic N) is 2. The molecule has 0 bridgehead atoms. The second-order valence-corrected chi connectivity index (χ2v) is 9.13. The molecule has 0 atom stereocenters. The molecule has 3 aromatic rings. The average molecular weight is 426 g/mol. The summed E-state index contributed by atoms with van der Waals surface area (Å²) in [5.74, 6) is 0.255. The minimum atomic E-state index is -3.53. The van der Waals surface area contributed by atoms with Crippen molar-refractivity contribution in [3.05, 3.63) is 60.3 Å². The molecule has 2 aromatic carbocycles. The van der Waals surface area contributed by atoms with Gasteiger partial charge in [0.05, 0.1) is 23.2 Å².